The van der Waals surface area contributed by atoms with Crippen molar-refractivity contribution < 1.29 is 22.4 Å². The van der Waals surface area contributed by atoms with Crippen LogP contribution in [-0.4, -0.2) is 44.2 Å². The third-order valence-electron chi connectivity index (χ3n) is 4.05. The third-order valence-corrected chi connectivity index (χ3v) is 6.39. The summed E-state index contributed by atoms with van der Waals surface area (Å²) in [6.07, 6.45) is 0. The first kappa shape index (κ1) is 22.8. The van der Waals surface area contributed by atoms with Gasteiger partial charge in [0.25, 0.3) is 5.91 Å². The average molecular weight is 442 g/mol. The summed E-state index contributed by atoms with van der Waals surface area (Å²) in [6.45, 7) is 3.71. The Bertz CT molecular complexity index is 1010. The monoisotopic (exact) mass is 441 g/mol. The highest BCUT2D eigenvalue weighted by Crippen LogP contribution is 2.19. The van der Waals surface area contributed by atoms with E-state index in [1.54, 1.807) is 13.8 Å². The predicted molar refractivity (Wildman–Crippen MR) is 109 cm³/mol. The van der Waals surface area contributed by atoms with Gasteiger partial charge in [-0.25, -0.2) is 12.8 Å². The third kappa shape index (κ3) is 5.75. The number of hydrogen-bond acceptors (Lipinski definition) is 4. The highest BCUT2D eigenvalue weighted by molar-refractivity contribution is 7.89. The molecule has 0 fully saturated rings. The second-order valence-corrected chi connectivity index (χ2v) is 8.32. The highest BCUT2D eigenvalue weighted by atomic mass is 35.5. The van der Waals surface area contributed by atoms with Gasteiger partial charge in [0.15, 0.2) is 0 Å². The van der Waals surface area contributed by atoms with Gasteiger partial charge >= 0.3 is 0 Å². The van der Waals surface area contributed by atoms with E-state index >= 15 is 0 Å². The maximum Gasteiger partial charge on any atom is 0.251 e. The summed E-state index contributed by atoms with van der Waals surface area (Å²) in [5, 5.41) is 4.75. The molecule has 10 heteroatoms. The van der Waals surface area contributed by atoms with Gasteiger partial charge in [0.2, 0.25) is 15.9 Å². The van der Waals surface area contributed by atoms with Crippen LogP contribution in [0.1, 0.15) is 24.2 Å². The molecule has 0 unspecified atom stereocenters. The van der Waals surface area contributed by atoms with Crippen LogP contribution >= 0.6 is 11.6 Å². The van der Waals surface area contributed by atoms with Crippen molar-refractivity contribution in [3.63, 3.8) is 0 Å². The van der Waals surface area contributed by atoms with E-state index in [1.165, 1.54) is 40.7 Å². The molecule has 2 amide bonds. The lowest BCUT2D eigenvalue weighted by Crippen LogP contribution is -2.33. The van der Waals surface area contributed by atoms with E-state index in [0.29, 0.717) is 13.1 Å². The van der Waals surface area contributed by atoms with Gasteiger partial charge in [-0.05, 0) is 36.4 Å². The number of nitrogens with one attached hydrogen (secondary N) is 2. The molecule has 0 aliphatic carbocycles. The standard InChI is InChI=1S/C19H21ClFN3O4S/c1-3-24(4-2)29(27,28)15-7-5-6-13(10-15)19(26)22-12-18(25)23-14-8-9-17(21)16(20)11-14/h5-11H,3-4,12H2,1-2H3,(H,22,26)(H,23,25). The number of amides is 2. The topological polar surface area (TPSA) is 95.6 Å². The van der Waals surface area contributed by atoms with Crippen molar-refractivity contribution in [2.24, 2.45) is 0 Å². The number of halogens is 2. The molecule has 0 heterocycles. The fraction of sp³-hybridized carbons (Fsp3) is 0.263. The van der Waals surface area contributed by atoms with Crippen LogP contribution in [0.5, 0.6) is 0 Å². The minimum Gasteiger partial charge on any atom is -0.343 e. The summed E-state index contributed by atoms with van der Waals surface area (Å²) in [5.41, 5.74) is 0.388. The molecular weight excluding hydrogens is 421 g/mol. The Balaban J connectivity index is 2.04. The van der Waals surface area contributed by atoms with Gasteiger partial charge in [0.05, 0.1) is 16.5 Å². The van der Waals surface area contributed by atoms with Gasteiger partial charge in [-0.2, -0.15) is 4.31 Å². The Hall–Kier alpha value is -2.49. The quantitative estimate of drug-likeness (QED) is 0.658. The zero-order valence-electron chi connectivity index (χ0n) is 15.9. The highest BCUT2D eigenvalue weighted by Gasteiger charge is 2.22. The van der Waals surface area contributed by atoms with Crippen molar-refractivity contribution in [3.8, 4) is 0 Å². The van der Waals surface area contributed by atoms with Crippen molar-refractivity contribution >= 4 is 39.1 Å². The summed E-state index contributed by atoms with van der Waals surface area (Å²) in [7, 11) is -3.71. The lowest BCUT2D eigenvalue weighted by molar-refractivity contribution is -0.115. The zero-order valence-corrected chi connectivity index (χ0v) is 17.5. The fourth-order valence-electron chi connectivity index (χ4n) is 2.55. The van der Waals surface area contributed by atoms with Crippen LogP contribution in [0.15, 0.2) is 47.4 Å². The van der Waals surface area contributed by atoms with Gasteiger partial charge < -0.3 is 10.6 Å². The van der Waals surface area contributed by atoms with Crippen LogP contribution < -0.4 is 10.6 Å². The molecule has 29 heavy (non-hydrogen) atoms. The van der Waals surface area contributed by atoms with E-state index < -0.39 is 27.7 Å². The Labute approximate surface area is 173 Å². The number of hydrogen-bond donors (Lipinski definition) is 2. The lowest BCUT2D eigenvalue weighted by atomic mass is 10.2. The van der Waals surface area contributed by atoms with E-state index in [1.807, 2.05) is 0 Å². The molecule has 0 saturated heterocycles. The van der Waals surface area contributed by atoms with E-state index in [4.69, 9.17) is 11.6 Å². The predicted octanol–water partition coefficient (Wildman–Crippen LogP) is 2.88. The number of carbonyl (C=O) groups is 2. The number of sulfonamides is 1. The first-order valence-corrected chi connectivity index (χ1v) is 10.6. The second kappa shape index (κ2) is 9.82. The normalized spacial score (nSPS) is 11.3. The molecule has 2 aromatic carbocycles. The largest absolute Gasteiger partial charge is 0.343 e. The van der Waals surface area contributed by atoms with Crippen LogP contribution in [0.25, 0.3) is 0 Å². The van der Waals surface area contributed by atoms with Crippen molar-refractivity contribution in [1.82, 2.24) is 9.62 Å². The van der Waals surface area contributed by atoms with Gasteiger partial charge in [-0.1, -0.05) is 31.5 Å². The van der Waals surface area contributed by atoms with Crippen molar-refractivity contribution in [2.75, 3.05) is 25.0 Å². The Morgan fingerprint density at radius 3 is 2.41 bits per heavy atom. The molecule has 2 N–H and O–H groups in total. The number of nitrogens with zero attached hydrogens (tertiary/aromatic N) is 1. The zero-order chi connectivity index (χ0) is 21.6. The molecule has 2 aromatic rings. The van der Waals surface area contributed by atoms with Gasteiger partial charge in [-0.15, -0.1) is 0 Å². The molecule has 156 valence electrons. The Morgan fingerprint density at radius 2 is 1.79 bits per heavy atom. The molecule has 2 rings (SSSR count). The second-order valence-electron chi connectivity index (χ2n) is 5.98. The van der Waals surface area contributed by atoms with Crippen LogP contribution in [0, 0.1) is 5.82 Å². The summed E-state index contributed by atoms with van der Waals surface area (Å²) in [6, 6.07) is 9.29. The molecule has 0 aliphatic rings. The lowest BCUT2D eigenvalue weighted by Gasteiger charge is -2.18. The van der Waals surface area contributed by atoms with Gasteiger partial charge in [0.1, 0.15) is 5.82 Å². The van der Waals surface area contributed by atoms with Crippen LogP contribution in [0.4, 0.5) is 10.1 Å². The molecule has 0 aromatic heterocycles. The van der Waals surface area contributed by atoms with Crippen LogP contribution in [0.2, 0.25) is 5.02 Å². The number of benzene rings is 2. The van der Waals surface area contributed by atoms with E-state index in [0.717, 1.165) is 6.07 Å². The van der Waals surface area contributed by atoms with Gasteiger partial charge in [-0.3, -0.25) is 9.59 Å². The smallest absolute Gasteiger partial charge is 0.251 e. The number of anilines is 1. The van der Waals surface area contributed by atoms with E-state index in [-0.39, 0.29) is 27.7 Å². The van der Waals surface area contributed by atoms with E-state index in [2.05, 4.69) is 10.6 Å². The first-order chi connectivity index (χ1) is 13.7. The fourth-order valence-corrected chi connectivity index (χ4v) is 4.24. The Morgan fingerprint density at radius 1 is 1.10 bits per heavy atom. The summed E-state index contributed by atoms with van der Waals surface area (Å²) in [4.78, 5) is 24.3. The molecule has 0 saturated carbocycles. The molecule has 0 bridgehead atoms. The minimum absolute atomic E-state index is 0.000689. The molecule has 0 aliphatic heterocycles. The molecule has 7 nitrogen and oxygen atoms in total. The maximum atomic E-state index is 13.1. The van der Waals surface area contributed by atoms with Crippen molar-refractivity contribution in [1.29, 1.82) is 0 Å². The minimum atomic E-state index is -3.71. The maximum absolute atomic E-state index is 13.1. The SMILES string of the molecule is CCN(CC)S(=O)(=O)c1cccc(C(=O)NCC(=O)Nc2ccc(F)c(Cl)c2)c1. The first-order valence-electron chi connectivity index (χ1n) is 8.82. The Kier molecular flexibility index (Phi) is 7.72. The summed E-state index contributed by atoms with van der Waals surface area (Å²) in [5.74, 6) is -1.76. The molecule has 0 atom stereocenters. The number of carbonyl (C=O) groups excluding carboxylic acids is 2. The number of rotatable bonds is 8. The van der Waals surface area contributed by atoms with Crippen LogP contribution in [0.3, 0.4) is 0 Å². The van der Waals surface area contributed by atoms with E-state index in [9.17, 15) is 22.4 Å². The van der Waals surface area contributed by atoms with Crippen LogP contribution in [-0.2, 0) is 14.8 Å². The molecular formula is C19H21ClFN3O4S. The van der Waals surface area contributed by atoms with Crippen molar-refractivity contribution in [3.05, 3.63) is 58.9 Å². The average Bonchev–Trinajstić information content (AvgIpc) is 2.69. The molecule has 0 radical (unpaired) electrons. The summed E-state index contributed by atoms with van der Waals surface area (Å²) < 4.78 is 39.6. The molecule has 0 spiro atoms. The van der Waals surface area contributed by atoms with Crippen molar-refractivity contribution in [2.45, 2.75) is 18.7 Å². The summed E-state index contributed by atoms with van der Waals surface area (Å²) >= 11 is 5.65. The van der Waals surface area contributed by atoms with Gasteiger partial charge in [0, 0.05) is 24.3 Å².